The molecule has 8 nitrogen and oxygen atoms in total. The Morgan fingerprint density at radius 1 is 1.26 bits per heavy atom. The van der Waals surface area contributed by atoms with Gasteiger partial charge in [0.25, 0.3) is 5.91 Å². The Kier molecular flexibility index (Phi) is 9.62. The maximum atomic E-state index is 13.0. The van der Waals surface area contributed by atoms with Crippen molar-refractivity contribution in [2.75, 3.05) is 25.2 Å². The number of aryl methyl sites for hydroxylation is 1. The molecule has 3 rings (SSSR count). The molecule has 1 amide bonds. The highest BCUT2D eigenvalue weighted by Crippen LogP contribution is 2.34. The van der Waals surface area contributed by atoms with Crippen molar-refractivity contribution in [2.24, 2.45) is 5.92 Å². The molecule has 0 saturated heterocycles. The summed E-state index contributed by atoms with van der Waals surface area (Å²) in [4.78, 5) is 17.5. The summed E-state index contributed by atoms with van der Waals surface area (Å²) in [7, 11) is -1.67. The summed E-state index contributed by atoms with van der Waals surface area (Å²) in [6.45, 7) is 3.35. The number of nitrogens with one attached hydrogen (secondary N) is 2. The normalized spacial score (nSPS) is 19.2. The molecule has 0 radical (unpaired) electrons. The van der Waals surface area contributed by atoms with Crippen molar-refractivity contribution in [3.63, 3.8) is 0 Å². The molecule has 0 aliphatic heterocycles. The van der Waals surface area contributed by atoms with Crippen molar-refractivity contribution in [2.45, 2.75) is 69.8 Å². The van der Waals surface area contributed by atoms with Crippen LogP contribution in [0.5, 0.6) is 5.75 Å². The van der Waals surface area contributed by atoms with Crippen LogP contribution in [0.3, 0.4) is 0 Å². The molecule has 13 heteroatoms. The average molecular weight is 579 g/mol. The topological polar surface area (TPSA) is 102 Å². The number of methoxy groups -OCH3 is 1. The quantitative estimate of drug-likeness (QED) is 0.403. The minimum Gasteiger partial charge on any atom is -0.494 e. The van der Waals surface area contributed by atoms with E-state index in [1.807, 2.05) is 6.92 Å². The van der Waals surface area contributed by atoms with E-state index in [2.05, 4.69) is 15.6 Å². The van der Waals surface area contributed by atoms with Gasteiger partial charge in [0.2, 0.25) is 0 Å². The molecule has 1 saturated carbocycles. The molecule has 1 aromatic heterocycles. The van der Waals surface area contributed by atoms with Gasteiger partial charge in [0, 0.05) is 31.0 Å². The fraction of sp³-hybridized carbons (Fsp3) is 0.600. The summed E-state index contributed by atoms with van der Waals surface area (Å²) < 4.78 is 69.6. The Morgan fingerprint density at radius 3 is 2.47 bits per heavy atom. The molecule has 0 bridgehead atoms. The second kappa shape index (κ2) is 12.1. The minimum atomic E-state index is -4.41. The Hall–Kier alpha value is -2.47. The first-order chi connectivity index (χ1) is 17.8. The van der Waals surface area contributed by atoms with E-state index in [9.17, 15) is 26.4 Å². The van der Waals surface area contributed by atoms with Gasteiger partial charge in [0.1, 0.15) is 32.6 Å². The fourth-order valence-corrected chi connectivity index (χ4v) is 6.04. The van der Waals surface area contributed by atoms with Gasteiger partial charge in [-0.05, 0) is 57.1 Å². The van der Waals surface area contributed by atoms with E-state index in [0.29, 0.717) is 56.6 Å². The molecule has 2 N–H and O–H groups in total. The smallest absolute Gasteiger partial charge is 0.408 e. The van der Waals surface area contributed by atoms with E-state index in [0.717, 1.165) is 6.92 Å². The number of hydrogen-bond donors (Lipinski definition) is 2. The molecule has 0 unspecified atom stereocenters. The Balaban J connectivity index is 1.81. The van der Waals surface area contributed by atoms with Crippen molar-refractivity contribution in [1.82, 2.24) is 14.9 Å². The molecule has 0 spiro atoms. The fourth-order valence-electron chi connectivity index (χ4n) is 4.59. The lowest BCUT2D eigenvalue weighted by Crippen LogP contribution is -2.34. The number of aromatic nitrogens is 2. The van der Waals surface area contributed by atoms with Crippen LogP contribution >= 0.6 is 11.6 Å². The highest BCUT2D eigenvalue weighted by atomic mass is 35.5. The molecular weight excluding hydrogens is 545 g/mol. The summed E-state index contributed by atoms with van der Waals surface area (Å²) in [6.07, 6.45) is 0.596. The monoisotopic (exact) mass is 578 g/mol. The Morgan fingerprint density at radius 2 is 1.92 bits per heavy atom. The number of imidazole rings is 1. The van der Waals surface area contributed by atoms with Crippen LogP contribution in [0.25, 0.3) is 5.69 Å². The maximum Gasteiger partial charge on any atom is 0.408 e. The third kappa shape index (κ3) is 7.13. The number of sulfone groups is 1. The van der Waals surface area contributed by atoms with Crippen molar-refractivity contribution in [1.29, 1.82) is 0 Å². The van der Waals surface area contributed by atoms with Crippen LogP contribution in [-0.2, 0) is 16.3 Å². The number of rotatable bonds is 10. The lowest BCUT2D eigenvalue weighted by Gasteiger charge is -2.27. The number of anilines is 1. The van der Waals surface area contributed by atoms with Crippen LogP contribution < -0.4 is 15.4 Å². The van der Waals surface area contributed by atoms with E-state index < -0.39 is 28.0 Å². The second-order valence-electron chi connectivity index (χ2n) is 9.73. The number of carbonyl (C=O) groups excluding carboxylic acids is 1. The first-order valence-corrected chi connectivity index (χ1v) is 14.8. The zero-order valence-electron chi connectivity index (χ0n) is 21.9. The van der Waals surface area contributed by atoms with Gasteiger partial charge >= 0.3 is 6.18 Å². The van der Waals surface area contributed by atoms with Gasteiger partial charge in [0.05, 0.1) is 18.0 Å². The predicted octanol–water partition coefficient (Wildman–Crippen LogP) is 5.18. The van der Waals surface area contributed by atoms with Crippen LogP contribution in [0.4, 0.5) is 18.9 Å². The van der Waals surface area contributed by atoms with Crippen LogP contribution in [0, 0.1) is 5.92 Å². The first-order valence-electron chi connectivity index (χ1n) is 12.5. The van der Waals surface area contributed by atoms with E-state index in [1.54, 1.807) is 10.6 Å². The van der Waals surface area contributed by atoms with Crippen molar-refractivity contribution >= 4 is 33.0 Å². The van der Waals surface area contributed by atoms with E-state index in [-0.39, 0.29) is 33.5 Å². The van der Waals surface area contributed by atoms with Gasteiger partial charge in [-0.1, -0.05) is 18.5 Å². The number of benzene rings is 1. The van der Waals surface area contributed by atoms with Gasteiger partial charge < -0.3 is 15.4 Å². The van der Waals surface area contributed by atoms with Crippen LogP contribution in [-0.4, -0.2) is 61.3 Å². The minimum absolute atomic E-state index is 0.0369. The third-order valence-corrected chi connectivity index (χ3v) is 8.86. The number of nitrogens with zero attached hydrogens (tertiary/aromatic N) is 2. The second-order valence-corrected chi connectivity index (χ2v) is 12.4. The SMILES string of the molecule is CCCc1nc(C(=O)NCC2CCC(S(C)(=O)=O)CC2)c(Cl)n1-c1ccc(N[C@H](C)C(F)(F)F)cc1OC. The van der Waals surface area contributed by atoms with Gasteiger partial charge in [-0.15, -0.1) is 0 Å². The lowest BCUT2D eigenvalue weighted by atomic mass is 9.89. The number of hydrogen-bond acceptors (Lipinski definition) is 6. The molecule has 1 aromatic carbocycles. The van der Waals surface area contributed by atoms with Crippen molar-refractivity contribution < 1.29 is 31.1 Å². The van der Waals surface area contributed by atoms with E-state index in [4.69, 9.17) is 16.3 Å². The molecular formula is C25H34ClF3N4O4S. The summed E-state index contributed by atoms with van der Waals surface area (Å²) in [5.41, 5.74) is 0.693. The van der Waals surface area contributed by atoms with Crippen molar-refractivity contribution in [3.05, 3.63) is 34.9 Å². The third-order valence-electron chi connectivity index (χ3n) is 6.82. The molecule has 212 valence electrons. The number of carbonyl (C=O) groups is 1. The highest BCUT2D eigenvalue weighted by Gasteiger charge is 2.36. The molecule has 1 aliphatic carbocycles. The predicted molar refractivity (Wildman–Crippen MR) is 141 cm³/mol. The summed E-state index contributed by atoms with van der Waals surface area (Å²) in [5.74, 6) is 0.481. The van der Waals surface area contributed by atoms with Gasteiger partial charge in [-0.3, -0.25) is 9.36 Å². The van der Waals surface area contributed by atoms with Crippen molar-refractivity contribution in [3.8, 4) is 11.4 Å². The number of amides is 1. The average Bonchev–Trinajstić information content (AvgIpc) is 3.17. The van der Waals surface area contributed by atoms with Gasteiger partial charge in [-0.2, -0.15) is 13.2 Å². The zero-order chi connectivity index (χ0) is 28.3. The van der Waals surface area contributed by atoms with Gasteiger partial charge in [0.15, 0.2) is 5.69 Å². The maximum absolute atomic E-state index is 13.0. The van der Waals surface area contributed by atoms with E-state index in [1.165, 1.54) is 25.5 Å². The Labute approximate surface area is 226 Å². The van der Waals surface area contributed by atoms with Crippen LogP contribution in [0.15, 0.2) is 18.2 Å². The summed E-state index contributed by atoms with van der Waals surface area (Å²) in [6, 6.07) is 2.73. The molecule has 1 fully saturated rings. The number of ether oxygens (including phenoxy) is 1. The molecule has 2 aromatic rings. The summed E-state index contributed by atoms with van der Waals surface area (Å²) >= 11 is 6.65. The van der Waals surface area contributed by atoms with E-state index >= 15 is 0 Å². The largest absolute Gasteiger partial charge is 0.494 e. The van der Waals surface area contributed by atoms with Crippen LogP contribution in [0.1, 0.15) is 62.3 Å². The van der Waals surface area contributed by atoms with Gasteiger partial charge in [-0.25, -0.2) is 13.4 Å². The molecule has 1 atom stereocenters. The molecule has 38 heavy (non-hydrogen) atoms. The molecule has 1 aliphatic rings. The number of halogens is 4. The number of alkyl halides is 3. The zero-order valence-corrected chi connectivity index (χ0v) is 23.4. The lowest BCUT2D eigenvalue weighted by molar-refractivity contribution is -0.138. The van der Waals surface area contributed by atoms with Crippen LogP contribution in [0.2, 0.25) is 5.15 Å². The standard InChI is InChI=1S/C25H34ClF3N4O4S/c1-5-6-21-32-22(24(34)30-14-16-7-10-18(11-8-16)38(4,35)36)23(26)33(21)19-12-9-17(13-20(19)37-3)31-15(2)25(27,28)29/h9,12-13,15-16,18,31H,5-8,10-11,14H2,1-4H3,(H,30,34)/t15-,16?,18?/m1/s1. The molecule has 1 heterocycles. The first kappa shape index (κ1) is 30.1. The highest BCUT2D eigenvalue weighted by molar-refractivity contribution is 7.91. The summed E-state index contributed by atoms with van der Waals surface area (Å²) in [5, 5.41) is 5.02. The Bertz CT molecular complexity index is 1240.